The molecule has 2 aliphatic rings. The Bertz CT molecular complexity index is 465. The van der Waals surface area contributed by atoms with Gasteiger partial charge in [0.15, 0.2) is 5.78 Å². The van der Waals surface area contributed by atoms with Crippen LogP contribution in [-0.2, 0) is 20.7 Å². The first-order valence-corrected chi connectivity index (χ1v) is 7.04. The van der Waals surface area contributed by atoms with Crippen LogP contribution in [0.2, 0.25) is 0 Å². The molecule has 2 unspecified atom stereocenters. The molecule has 1 heterocycles. The molecule has 3 rings (SSSR count). The first-order valence-electron chi connectivity index (χ1n) is 7.04. The van der Waals surface area contributed by atoms with E-state index in [9.17, 15) is 4.79 Å². The van der Waals surface area contributed by atoms with Gasteiger partial charge in [-0.25, -0.2) is 0 Å². The minimum absolute atomic E-state index is 0.0890. The van der Waals surface area contributed by atoms with Gasteiger partial charge in [0.2, 0.25) is 0 Å². The van der Waals surface area contributed by atoms with Gasteiger partial charge in [0.05, 0.1) is 12.7 Å². The van der Waals surface area contributed by atoms with Crippen LogP contribution in [0.15, 0.2) is 24.3 Å². The molecule has 0 aromatic heterocycles. The molecule has 1 aliphatic heterocycles. The van der Waals surface area contributed by atoms with Crippen LogP contribution in [0.25, 0.3) is 0 Å². The Morgan fingerprint density at radius 2 is 2.21 bits per heavy atom. The average Bonchev–Trinajstić information content (AvgIpc) is 3.25. The number of carbonyl (C=O) groups is 1. The highest BCUT2D eigenvalue weighted by Crippen LogP contribution is 2.37. The zero-order valence-electron chi connectivity index (χ0n) is 11.3. The molecule has 102 valence electrons. The van der Waals surface area contributed by atoms with Gasteiger partial charge in [0.1, 0.15) is 6.10 Å². The molecule has 0 bridgehead atoms. The molecule has 1 aromatic carbocycles. The molecular weight excluding hydrogens is 240 g/mol. The summed E-state index contributed by atoms with van der Waals surface area (Å²) in [5.41, 5.74) is 2.49. The van der Waals surface area contributed by atoms with Crippen molar-refractivity contribution in [3.63, 3.8) is 0 Å². The molecule has 3 nitrogen and oxygen atoms in total. The van der Waals surface area contributed by atoms with E-state index in [1.807, 2.05) is 12.1 Å². The summed E-state index contributed by atoms with van der Waals surface area (Å²) in [6, 6.07) is 8.26. The highest BCUT2D eigenvalue weighted by atomic mass is 16.5. The second-order valence-corrected chi connectivity index (χ2v) is 5.47. The molecule has 1 aromatic rings. The van der Waals surface area contributed by atoms with Crippen molar-refractivity contribution in [2.45, 2.75) is 37.9 Å². The molecule has 1 aliphatic carbocycles. The van der Waals surface area contributed by atoms with Gasteiger partial charge in [-0.2, -0.15) is 0 Å². The molecule has 0 spiro atoms. The number of fused-ring (bicyclic) bond motifs is 1. The minimum atomic E-state index is -0.224. The van der Waals surface area contributed by atoms with Crippen molar-refractivity contribution in [1.82, 2.24) is 0 Å². The maximum atomic E-state index is 12.3. The molecule has 0 radical (unpaired) electrons. The smallest absolute Gasteiger partial charge is 0.164 e. The fourth-order valence-corrected chi connectivity index (χ4v) is 2.93. The Hall–Kier alpha value is -1.19. The summed E-state index contributed by atoms with van der Waals surface area (Å²) in [6.07, 6.45) is 3.30. The highest BCUT2D eigenvalue weighted by Gasteiger charge is 2.37. The van der Waals surface area contributed by atoms with E-state index in [2.05, 4.69) is 12.1 Å². The van der Waals surface area contributed by atoms with Crippen LogP contribution in [-0.4, -0.2) is 25.6 Å². The van der Waals surface area contributed by atoms with E-state index in [1.54, 1.807) is 7.11 Å². The molecule has 19 heavy (non-hydrogen) atoms. The molecule has 1 fully saturated rings. The number of rotatable bonds is 5. The maximum Gasteiger partial charge on any atom is 0.164 e. The number of hydrogen-bond donors (Lipinski definition) is 0. The van der Waals surface area contributed by atoms with Gasteiger partial charge in [-0.05, 0) is 36.3 Å². The lowest BCUT2D eigenvalue weighted by Crippen LogP contribution is -2.28. The van der Waals surface area contributed by atoms with E-state index < -0.39 is 0 Å². The summed E-state index contributed by atoms with van der Waals surface area (Å²) in [5.74, 6) is 0.628. The number of carbonyl (C=O) groups excluding carboxylic acids is 1. The SMILES string of the molecule is COC(C(=O)CC1OCCc2ccccc21)C1CC1. The third-order valence-electron chi connectivity index (χ3n) is 4.10. The summed E-state index contributed by atoms with van der Waals surface area (Å²) < 4.78 is 11.2. The van der Waals surface area contributed by atoms with E-state index >= 15 is 0 Å². The molecule has 0 amide bonds. The van der Waals surface area contributed by atoms with Crippen LogP contribution >= 0.6 is 0 Å². The zero-order valence-corrected chi connectivity index (χ0v) is 11.3. The Morgan fingerprint density at radius 3 is 2.95 bits per heavy atom. The lowest BCUT2D eigenvalue weighted by Gasteiger charge is -2.26. The first kappa shape index (κ1) is 12.8. The average molecular weight is 260 g/mol. The minimum Gasteiger partial charge on any atom is -0.373 e. The zero-order chi connectivity index (χ0) is 13.2. The number of hydrogen-bond acceptors (Lipinski definition) is 3. The summed E-state index contributed by atoms with van der Waals surface area (Å²) in [6.45, 7) is 0.704. The maximum absolute atomic E-state index is 12.3. The third-order valence-corrected chi connectivity index (χ3v) is 4.10. The summed E-state index contributed by atoms with van der Waals surface area (Å²) in [5, 5.41) is 0. The Morgan fingerprint density at radius 1 is 1.42 bits per heavy atom. The van der Waals surface area contributed by atoms with E-state index in [4.69, 9.17) is 9.47 Å². The van der Waals surface area contributed by atoms with Gasteiger partial charge in [0.25, 0.3) is 0 Å². The Labute approximate surface area is 113 Å². The molecule has 0 N–H and O–H groups in total. The Kier molecular flexibility index (Phi) is 3.67. The van der Waals surface area contributed by atoms with Crippen molar-refractivity contribution < 1.29 is 14.3 Å². The second-order valence-electron chi connectivity index (χ2n) is 5.47. The van der Waals surface area contributed by atoms with Gasteiger partial charge in [-0.15, -0.1) is 0 Å². The van der Waals surface area contributed by atoms with Crippen molar-refractivity contribution >= 4 is 5.78 Å². The van der Waals surface area contributed by atoms with E-state index in [0.29, 0.717) is 18.9 Å². The quantitative estimate of drug-likeness (QED) is 0.816. The number of methoxy groups -OCH3 is 1. The van der Waals surface area contributed by atoms with Gasteiger partial charge < -0.3 is 9.47 Å². The molecular formula is C16H20O3. The third kappa shape index (κ3) is 2.72. The van der Waals surface area contributed by atoms with E-state index in [-0.39, 0.29) is 18.0 Å². The molecule has 2 atom stereocenters. The lowest BCUT2D eigenvalue weighted by molar-refractivity contribution is -0.133. The van der Waals surface area contributed by atoms with Crippen LogP contribution in [0.5, 0.6) is 0 Å². The highest BCUT2D eigenvalue weighted by molar-refractivity contribution is 5.84. The number of ether oxygens (including phenoxy) is 2. The molecule has 0 saturated heterocycles. The lowest BCUT2D eigenvalue weighted by atomic mass is 9.93. The van der Waals surface area contributed by atoms with Crippen molar-refractivity contribution in [2.24, 2.45) is 5.92 Å². The van der Waals surface area contributed by atoms with Gasteiger partial charge in [-0.3, -0.25) is 4.79 Å². The van der Waals surface area contributed by atoms with Crippen molar-refractivity contribution in [3.05, 3.63) is 35.4 Å². The van der Waals surface area contributed by atoms with Crippen LogP contribution in [0.3, 0.4) is 0 Å². The van der Waals surface area contributed by atoms with Crippen LogP contribution in [0.1, 0.15) is 36.5 Å². The fourth-order valence-electron chi connectivity index (χ4n) is 2.93. The van der Waals surface area contributed by atoms with Gasteiger partial charge in [0, 0.05) is 13.5 Å². The van der Waals surface area contributed by atoms with Gasteiger partial charge >= 0.3 is 0 Å². The summed E-state index contributed by atoms with van der Waals surface area (Å²) in [7, 11) is 1.64. The van der Waals surface area contributed by atoms with Crippen LogP contribution < -0.4 is 0 Å². The summed E-state index contributed by atoms with van der Waals surface area (Å²) >= 11 is 0. The van der Waals surface area contributed by atoms with Crippen LogP contribution in [0, 0.1) is 5.92 Å². The van der Waals surface area contributed by atoms with Crippen molar-refractivity contribution in [3.8, 4) is 0 Å². The number of benzene rings is 1. The largest absolute Gasteiger partial charge is 0.373 e. The number of Topliss-reactive ketones (excluding diaryl/α,β-unsaturated/α-hetero) is 1. The number of ketones is 1. The molecule has 1 saturated carbocycles. The Balaban J connectivity index is 1.72. The van der Waals surface area contributed by atoms with Crippen LogP contribution in [0.4, 0.5) is 0 Å². The molecule has 3 heteroatoms. The monoisotopic (exact) mass is 260 g/mol. The van der Waals surface area contributed by atoms with E-state index in [1.165, 1.54) is 11.1 Å². The topological polar surface area (TPSA) is 35.5 Å². The predicted octanol–water partition coefficient (Wildman–Crippen LogP) is 2.68. The fraction of sp³-hybridized carbons (Fsp3) is 0.562. The van der Waals surface area contributed by atoms with Gasteiger partial charge in [-0.1, -0.05) is 24.3 Å². The second kappa shape index (κ2) is 5.43. The van der Waals surface area contributed by atoms with Crippen molar-refractivity contribution in [1.29, 1.82) is 0 Å². The standard InChI is InChI=1S/C16H20O3/c1-18-16(12-6-7-12)14(17)10-15-13-5-3-2-4-11(13)8-9-19-15/h2-5,12,15-16H,6-10H2,1H3. The predicted molar refractivity (Wildman–Crippen MR) is 72.0 cm³/mol. The normalized spacial score (nSPS) is 23.7. The summed E-state index contributed by atoms with van der Waals surface area (Å²) in [4.78, 5) is 12.3. The first-order chi connectivity index (χ1) is 9.29. The van der Waals surface area contributed by atoms with Crippen molar-refractivity contribution in [2.75, 3.05) is 13.7 Å². The van der Waals surface area contributed by atoms with E-state index in [0.717, 1.165) is 19.3 Å².